The van der Waals surface area contributed by atoms with Gasteiger partial charge in [-0.25, -0.2) is 4.39 Å². The number of benzene rings is 1. The second-order valence-corrected chi connectivity index (χ2v) is 4.29. The molecule has 0 unspecified atom stereocenters. The number of anilines is 2. The minimum Gasteiger partial charge on any atom is -0.397 e. The van der Waals surface area contributed by atoms with E-state index in [1.807, 2.05) is 12.1 Å². The predicted octanol–water partition coefficient (Wildman–Crippen LogP) is 3.11. The minimum atomic E-state index is -0.506. The van der Waals surface area contributed by atoms with Gasteiger partial charge >= 0.3 is 0 Å². The molecule has 1 aromatic heterocycles. The third kappa shape index (κ3) is 3.11. The Balaban J connectivity index is 1.97. The van der Waals surface area contributed by atoms with Gasteiger partial charge in [-0.2, -0.15) is 0 Å². The van der Waals surface area contributed by atoms with Crippen LogP contribution < -0.4 is 11.1 Å². The Morgan fingerprint density at radius 2 is 2.00 bits per heavy atom. The molecule has 18 heavy (non-hydrogen) atoms. The lowest BCUT2D eigenvalue weighted by Crippen LogP contribution is -2.07. The van der Waals surface area contributed by atoms with Crippen molar-refractivity contribution in [3.8, 4) is 0 Å². The first-order valence-electron chi connectivity index (χ1n) is 5.54. The molecule has 0 fully saturated rings. The molecule has 0 aliphatic carbocycles. The smallest absolute Gasteiger partial charge is 0.143 e. The van der Waals surface area contributed by atoms with Gasteiger partial charge in [0, 0.05) is 25.0 Å². The fourth-order valence-electron chi connectivity index (χ4n) is 1.61. The number of rotatable bonds is 4. The van der Waals surface area contributed by atoms with Gasteiger partial charge in [0.2, 0.25) is 0 Å². The SMILES string of the molecule is Nc1cc(F)c(Cl)cc1NCCc1ccncc1. The van der Waals surface area contributed by atoms with E-state index < -0.39 is 5.82 Å². The molecular formula is C13H13ClFN3. The van der Waals surface area contributed by atoms with E-state index in [9.17, 15) is 4.39 Å². The summed E-state index contributed by atoms with van der Waals surface area (Å²) in [4.78, 5) is 3.95. The van der Waals surface area contributed by atoms with Crippen molar-refractivity contribution >= 4 is 23.0 Å². The van der Waals surface area contributed by atoms with Crippen LogP contribution in [0.3, 0.4) is 0 Å². The molecule has 3 N–H and O–H groups in total. The zero-order valence-electron chi connectivity index (χ0n) is 9.66. The average molecular weight is 266 g/mol. The topological polar surface area (TPSA) is 50.9 Å². The summed E-state index contributed by atoms with van der Waals surface area (Å²) in [7, 11) is 0. The molecule has 0 aliphatic rings. The van der Waals surface area contributed by atoms with Crippen LogP contribution in [0.5, 0.6) is 0 Å². The number of nitrogens with zero attached hydrogens (tertiary/aromatic N) is 1. The van der Waals surface area contributed by atoms with E-state index in [0.29, 0.717) is 17.9 Å². The first-order chi connectivity index (χ1) is 8.66. The highest BCUT2D eigenvalue weighted by atomic mass is 35.5. The molecule has 0 radical (unpaired) electrons. The van der Waals surface area contributed by atoms with Crippen LogP contribution in [0.2, 0.25) is 5.02 Å². The molecule has 2 aromatic rings. The van der Waals surface area contributed by atoms with E-state index in [1.54, 1.807) is 12.4 Å². The fourth-order valence-corrected chi connectivity index (χ4v) is 1.77. The van der Waals surface area contributed by atoms with Gasteiger partial charge in [0.15, 0.2) is 0 Å². The van der Waals surface area contributed by atoms with Crippen LogP contribution in [0.15, 0.2) is 36.7 Å². The number of hydrogen-bond acceptors (Lipinski definition) is 3. The first-order valence-corrected chi connectivity index (χ1v) is 5.92. The molecule has 94 valence electrons. The van der Waals surface area contributed by atoms with Gasteiger partial charge < -0.3 is 11.1 Å². The van der Waals surface area contributed by atoms with Crippen molar-refractivity contribution in [2.45, 2.75) is 6.42 Å². The van der Waals surface area contributed by atoms with Gasteiger partial charge in [0.1, 0.15) is 5.82 Å². The third-order valence-corrected chi connectivity index (χ3v) is 2.86. The van der Waals surface area contributed by atoms with E-state index in [4.69, 9.17) is 17.3 Å². The Labute approximate surface area is 110 Å². The normalized spacial score (nSPS) is 10.3. The molecule has 5 heteroatoms. The molecule has 0 saturated heterocycles. The Hall–Kier alpha value is -1.81. The van der Waals surface area contributed by atoms with Crippen molar-refractivity contribution in [2.75, 3.05) is 17.6 Å². The third-order valence-electron chi connectivity index (χ3n) is 2.57. The first kappa shape index (κ1) is 12.6. The number of nitrogen functional groups attached to an aromatic ring is 1. The van der Waals surface area contributed by atoms with Gasteiger partial charge in [-0.1, -0.05) is 11.6 Å². The van der Waals surface area contributed by atoms with Crippen molar-refractivity contribution in [3.05, 3.63) is 53.1 Å². The van der Waals surface area contributed by atoms with Crippen LogP contribution in [-0.2, 0) is 6.42 Å². The number of nitrogens with one attached hydrogen (secondary N) is 1. The van der Waals surface area contributed by atoms with E-state index in [2.05, 4.69) is 10.3 Å². The molecule has 3 nitrogen and oxygen atoms in total. The Morgan fingerprint density at radius 1 is 1.28 bits per heavy atom. The monoisotopic (exact) mass is 265 g/mol. The second kappa shape index (κ2) is 5.69. The van der Waals surface area contributed by atoms with E-state index >= 15 is 0 Å². The van der Waals surface area contributed by atoms with Gasteiger partial charge in [-0.3, -0.25) is 4.98 Å². The van der Waals surface area contributed by atoms with Crippen molar-refractivity contribution < 1.29 is 4.39 Å². The Bertz CT molecular complexity index is 531. The van der Waals surface area contributed by atoms with Crippen LogP contribution in [0.1, 0.15) is 5.56 Å². The number of pyridine rings is 1. The lowest BCUT2D eigenvalue weighted by Gasteiger charge is -2.10. The van der Waals surface area contributed by atoms with Gasteiger partial charge in [-0.15, -0.1) is 0 Å². The summed E-state index contributed by atoms with van der Waals surface area (Å²) in [5.41, 5.74) is 7.87. The van der Waals surface area contributed by atoms with Crippen LogP contribution in [0.25, 0.3) is 0 Å². The standard InChI is InChI=1S/C13H13ClFN3/c14-10-7-13(12(16)8-11(10)15)18-6-3-9-1-4-17-5-2-9/h1-2,4-5,7-8,18H,3,6,16H2. The second-order valence-electron chi connectivity index (χ2n) is 3.89. The Kier molecular flexibility index (Phi) is 3.99. The zero-order chi connectivity index (χ0) is 13.0. The molecular weight excluding hydrogens is 253 g/mol. The van der Waals surface area contributed by atoms with Crippen LogP contribution in [0.4, 0.5) is 15.8 Å². The molecule has 0 aliphatic heterocycles. The molecule has 0 amide bonds. The maximum Gasteiger partial charge on any atom is 0.143 e. The van der Waals surface area contributed by atoms with Crippen molar-refractivity contribution in [1.82, 2.24) is 4.98 Å². The van der Waals surface area contributed by atoms with E-state index in [0.717, 1.165) is 6.42 Å². The molecule has 1 heterocycles. The van der Waals surface area contributed by atoms with Crippen molar-refractivity contribution in [1.29, 1.82) is 0 Å². The van der Waals surface area contributed by atoms with Gasteiger partial charge in [0.05, 0.1) is 16.4 Å². The summed E-state index contributed by atoms with van der Waals surface area (Å²) in [6.07, 6.45) is 4.33. The van der Waals surface area contributed by atoms with Crippen LogP contribution >= 0.6 is 11.6 Å². The lowest BCUT2D eigenvalue weighted by molar-refractivity contribution is 0.629. The molecule has 0 bridgehead atoms. The summed E-state index contributed by atoms with van der Waals surface area (Å²) >= 11 is 5.70. The van der Waals surface area contributed by atoms with E-state index in [-0.39, 0.29) is 5.02 Å². The molecule has 0 spiro atoms. The highest BCUT2D eigenvalue weighted by Gasteiger charge is 2.05. The highest BCUT2D eigenvalue weighted by molar-refractivity contribution is 6.31. The van der Waals surface area contributed by atoms with Crippen LogP contribution in [-0.4, -0.2) is 11.5 Å². The van der Waals surface area contributed by atoms with Gasteiger partial charge in [0.25, 0.3) is 0 Å². The van der Waals surface area contributed by atoms with Crippen LogP contribution in [0, 0.1) is 5.82 Å². The number of nitrogens with two attached hydrogens (primary N) is 1. The summed E-state index contributed by atoms with van der Waals surface area (Å²) in [6.45, 7) is 0.691. The largest absolute Gasteiger partial charge is 0.397 e. The number of hydrogen-bond donors (Lipinski definition) is 2. The van der Waals surface area contributed by atoms with Crippen molar-refractivity contribution in [3.63, 3.8) is 0 Å². The lowest BCUT2D eigenvalue weighted by atomic mass is 10.2. The molecule has 2 rings (SSSR count). The molecule has 1 aromatic carbocycles. The summed E-state index contributed by atoms with van der Waals surface area (Å²) in [6, 6.07) is 6.61. The highest BCUT2D eigenvalue weighted by Crippen LogP contribution is 2.26. The van der Waals surface area contributed by atoms with E-state index in [1.165, 1.54) is 17.7 Å². The zero-order valence-corrected chi connectivity index (χ0v) is 10.4. The quantitative estimate of drug-likeness (QED) is 0.835. The maximum atomic E-state index is 13.1. The summed E-state index contributed by atoms with van der Waals surface area (Å²) in [5, 5.41) is 3.20. The Morgan fingerprint density at radius 3 is 2.72 bits per heavy atom. The number of halogens is 2. The summed E-state index contributed by atoms with van der Waals surface area (Å²) < 4.78 is 13.1. The maximum absolute atomic E-state index is 13.1. The molecule has 0 atom stereocenters. The average Bonchev–Trinajstić information content (AvgIpc) is 2.37. The predicted molar refractivity (Wildman–Crippen MR) is 72.3 cm³/mol. The molecule has 0 saturated carbocycles. The fraction of sp³-hybridized carbons (Fsp3) is 0.154. The minimum absolute atomic E-state index is 0.0654. The summed E-state index contributed by atoms with van der Waals surface area (Å²) in [5.74, 6) is -0.506. The number of aromatic nitrogens is 1. The van der Waals surface area contributed by atoms with Gasteiger partial charge in [-0.05, 0) is 30.2 Å². The van der Waals surface area contributed by atoms with Crippen molar-refractivity contribution in [2.24, 2.45) is 0 Å².